The van der Waals surface area contributed by atoms with Gasteiger partial charge in [-0.1, -0.05) is 0 Å². The summed E-state index contributed by atoms with van der Waals surface area (Å²) in [6.07, 6.45) is -4.41. The van der Waals surface area contributed by atoms with Crippen LogP contribution in [0.5, 0.6) is 5.88 Å². The molecule has 0 unspecified atom stereocenters. The van der Waals surface area contributed by atoms with Crippen molar-refractivity contribution < 1.29 is 22.7 Å². The summed E-state index contributed by atoms with van der Waals surface area (Å²) in [5, 5.41) is 0. The summed E-state index contributed by atoms with van der Waals surface area (Å²) in [5.74, 6) is -0.680. The largest absolute Gasteiger partial charge is 0.574 e. The summed E-state index contributed by atoms with van der Waals surface area (Å²) in [4.78, 5) is 14.2. The number of hydrogen-bond donors (Lipinski definition) is 1. The average Bonchev–Trinajstić information content (AvgIpc) is 2.18. The van der Waals surface area contributed by atoms with Crippen LogP contribution < -0.4 is 10.5 Å². The van der Waals surface area contributed by atoms with Crippen LogP contribution in [0, 0.1) is 6.92 Å². The van der Waals surface area contributed by atoms with Crippen molar-refractivity contribution in [2.24, 2.45) is 5.73 Å². The van der Waals surface area contributed by atoms with Crippen molar-refractivity contribution in [3.05, 3.63) is 22.9 Å². The van der Waals surface area contributed by atoms with Crippen molar-refractivity contribution in [1.82, 2.24) is 4.98 Å². The maximum absolute atomic E-state index is 11.9. The van der Waals surface area contributed by atoms with E-state index >= 15 is 0 Å². The molecule has 0 aromatic carbocycles. The van der Waals surface area contributed by atoms with E-state index in [9.17, 15) is 18.0 Å². The van der Waals surface area contributed by atoms with Crippen molar-refractivity contribution in [2.45, 2.75) is 19.8 Å². The Labute approximate surface area is 89.2 Å². The molecule has 0 radical (unpaired) electrons. The molecule has 16 heavy (non-hydrogen) atoms. The third-order valence-corrected chi connectivity index (χ3v) is 1.93. The summed E-state index contributed by atoms with van der Waals surface area (Å²) in [5.41, 5.74) is 6.02. The van der Waals surface area contributed by atoms with Gasteiger partial charge in [-0.3, -0.25) is 4.79 Å². The van der Waals surface area contributed by atoms with Gasteiger partial charge in [0.05, 0.1) is 5.69 Å². The van der Waals surface area contributed by atoms with E-state index in [1.54, 1.807) is 6.92 Å². The fourth-order valence-corrected chi connectivity index (χ4v) is 1.15. The van der Waals surface area contributed by atoms with Gasteiger partial charge in [-0.05, 0) is 12.5 Å². The highest BCUT2D eigenvalue weighted by Crippen LogP contribution is 2.23. The summed E-state index contributed by atoms with van der Waals surface area (Å²) in [6.45, 7) is 1.48. The predicted octanol–water partition coefficient (Wildman–Crippen LogP) is 1.56. The number of pyridine rings is 1. The van der Waals surface area contributed by atoms with E-state index in [0.29, 0.717) is 11.8 Å². The fraction of sp³-hybridized carbons (Fsp3) is 0.333. The van der Waals surface area contributed by atoms with Gasteiger partial charge in [0.25, 0.3) is 0 Å². The maximum atomic E-state index is 11.9. The highest BCUT2D eigenvalue weighted by atomic mass is 19.4. The average molecular weight is 234 g/mol. The van der Waals surface area contributed by atoms with Crippen LogP contribution in [0.25, 0.3) is 0 Å². The zero-order valence-corrected chi connectivity index (χ0v) is 8.34. The molecule has 88 valence electrons. The van der Waals surface area contributed by atoms with Crippen molar-refractivity contribution >= 4 is 6.29 Å². The molecule has 0 aliphatic carbocycles. The highest BCUT2D eigenvalue weighted by molar-refractivity contribution is 5.78. The van der Waals surface area contributed by atoms with E-state index in [1.165, 1.54) is 0 Å². The number of rotatable bonds is 3. The zero-order chi connectivity index (χ0) is 12.3. The molecule has 0 saturated carbocycles. The summed E-state index contributed by atoms with van der Waals surface area (Å²) in [7, 11) is 0. The number of hydrogen-bond acceptors (Lipinski definition) is 4. The Morgan fingerprint density at radius 1 is 1.56 bits per heavy atom. The van der Waals surface area contributed by atoms with Gasteiger partial charge in [-0.15, -0.1) is 13.2 Å². The molecule has 7 heteroatoms. The van der Waals surface area contributed by atoms with Gasteiger partial charge in [0, 0.05) is 18.2 Å². The number of alkyl halides is 3. The van der Waals surface area contributed by atoms with Crippen molar-refractivity contribution in [3.8, 4) is 5.88 Å². The second-order valence-electron chi connectivity index (χ2n) is 2.99. The lowest BCUT2D eigenvalue weighted by Gasteiger charge is -2.11. The molecule has 1 aromatic heterocycles. The van der Waals surface area contributed by atoms with Gasteiger partial charge in [0.2, 0.25) is 5.88 Å². The van der Waals surface area contributed by atoms with E-state index in [2.05, 4.69) is 9.72 Å². The van der Waals surface area contributed by atoms with Gasteiger partial charge < -0.3 is 10.5 Å². The number of aromatic nitrogens is 1. The van der Waals surface area contributed by atoms with Crippen LogP contribution in [-0.2, 0) is 6.54 Å². The lowest BCUT2D eigenvalue weighted by Crippen LogP contribution is -2.19. The van der Waals surface area contributed by atoms with Crippen LogP contribution in [0.2, 0.25) is 0 Å². The van der Waals surface area contributed by atoms with Crippen molar-refractivity contribution in [1.29, 1.82) is 0 Å². The van der Waals surface area contributed by atoms with Gasteiger partial charge in [-0.25, -0.2) is 4.98 Å². The predicted molar refractivity (Wildman–Crippen MR) is 48.9 cm³/mol. The minimum atomic E-state index is -4.84. The van der Waals surface area contributed by atoms with Crippen LogP contribution in [0.15, 0.2) is 6.07 Å². The molecule has 1 heterocycles. The Morgan fingerprint density at radius 2 is 2.19 bits per heavy atom. The summed E-state index contributed by atoms with van der Waals surface area (Å²) >= 11 is 0. The molecule has 0 bridgehead atoms. The Bertz CT molecular complexity index is 404. The summed E-state index contributed by atoms with van der Waals surface area (Å²) in [6, 6.07) is 0.926. The molecule has 0 amide bonds. The first-order valence-electron chi connectivity index (χ1n) is 4.29. The normalized spacial score (nSPS) is 11.3. The number of halogens is 3. The molecule has 1 aromatic rings. The molecule has 0 fully saturated rings. The molecule has 4 nitrogen and oxygen atoms in total. The third-order valence-electron chi connectivity index (χ3n) is 1.93. The van der Waals surface area contributed by atoms with E-state index in [-0.39, 0.29) is 17.8 Å². The number of carbonyl (C=O) groups is 1. The Hall–Kier alpha value is -1.63. The first-order chi connectivity index (χ1) is 7.37. The van der Waals surface area contributed by atoms with E-state index in [1.807, 2.05) is 0 Å². The number of nitrogens with zero attached hydrogens (tertiary/aromatic N) is 1. The van der Waals surface area contributed by atoms with E-state index < -0.39 is 12.2 Å². The monoisotopic (exact) mass is 234 g/mol. The van der Waals surface area contributed by atoms with E-state index in [0.717, 1.165) is 6.07 Å². The fourth-order valence-electron chi connectivity index (χ4n) is 1.15. The van der Waals surface area contributed by atoms with Gasteiger partial charge >= 0.3 is 6.36 Å². The van der Waals surface area contributed by atoms with E-state index in [4.69, 9.17) is 5.73 Å². The smallest absolute Gasteiger partial charge is 0.388 e. The molecule has 0 atom stereocenters. The van der Waals surface area contributed by atoms with Crippen LogP contribution in [0.1, 0.15) is 21.6 Å². The topological polar surface area (TPSA) is 65.2 Å². The van der Waals surface area contributed by atoms with Crippen LogP contribution in [0.4, 0.5) is 13.2 Å². The first kappa shape index (κ1) is 12.4. The van der Waals surface area contributed by atoms with Crippen molar-refractivity contribution in [3.63, 3.8) is 0 Å². The number of ether oxygens (including phenoxy) is 1. The molecular formula is C9H9F3N2O2. The van der Waals surface area contributed by atoms with Crippen LogP contribution in [-0.4, -0.2) is 17.6 Å². The van der Waals surface area contributed by atoms with Gasteiger partial charge in [0.15, 0.2) is 6.29 Å². The molecule has 0 aliphatic heterocycles. The van der Waals surface area contributed by atoms with Gasteiger partial charge in [0.1, 0.15) is 0 Å². The lowest BCUT2D eigenvalue weighted by atomic mass is 10.1. The second kappa shape index (κ2) is 4.48. The zero-order valence-electron chi connectivity index (χ0n) is 8.34. The first-order valence-corrected chi connectivity index (χ1v) is 4.29. The lowest BCUT2D eigenvalue weighted by molar-refractivity contribution is -0.276. The summed E-state index contributed by atoms with van der Waals surface area (Å²) < 4.78 is 39.4. The molecule has 0 aliphatic rings. The molecular weight excluding hydrogens is 225 g/mol. The number of aldehydes is 1. The minimum absolute atomic E-state index is 0.0677. The minimum Gasteiger partial charge on any atom is -0.388 e. The SMILES string of the molecule is Cc1c(C=O)cc(OC(F)(F)F)nc1CN. The van der Waals surface area contributed by atoms with Gasteiger partial charge in [-0.2, -0.15) is 0 Å². The molecule has 1 rings (SSSR count). The highest BCUT2D eigenvalue weighted by Gasteiger charge is 2.32. The third kappa shape index (κ3) is 2.93. The Balaban J connectivity index is 3.17. The van der Waals surface area contributed by atoms with Crippen molar-refractivity contribution in [2.75, 3.05) is 0 Å². The standard InChI is InChI=1S/C9H9F3N2O2/c1-5-6(4-15)2-8(14-7(5)3-13)16-9(10,11)12/h2,4H,3,13H2,1H3. The maximum Gasteiger partial charge on any atom is 0.574 e. The molecule has 2 N–H and O–H groups in total. The van der Waals surface area contributed by atoms with Crippen LogP contribution in [0.3, 0.4) is 0 Å². The Morgan fingerprint density at radius 3 is 2.62 bits per heavy atom. The Kier molecular flexibility index (Phi) is 3.48. The van der Waals surface area contributed by atoms with Crippen LogP contribution >= 0.6 is 0 Å². The number of nitrogens with two attached hydrogens (primary N) is 1. The number of carbonyl (C=O) groups excluding carboxylic acids is 1. The second-order valence-corrected chi connectivity index (χ2v) is 2.99. The molecule has 0 spiro atoms. The quantitative estimate of drug-likeness (QED) is 0.806. The molecule has 0 saturated heterocycles.